The quantitative estimate of drug-likeness (QED) is 0.298. The van der Waals surface area contributed by atoms with Crippen molar-refractivity contribution in [1.82, 2.24) is 0 Å². The largest absolute Gasteiger partial charge is 0.452 e. The third-order valence-electron chi connectivity index (χ3n) is 0.612. The van der Waals surface area contributed by atoms with Crippen molar-refractivity contribution in [2.45, 2.75) is 0 Å². The summed E-state index contributed by atoms with van der Waals surface area (Å²) >= 11 is 0. The van der Waals surface area contributed by atoms with Gasteiger partial charge in [0.1, 0.15) is 6.61 Å². The lowest BCUT2D eigenvalue weighted by molar-refractivity contribution is -0.138. The molecule has 9 heavy (non-hydrogen) atoms. The van der Waals surface area contributed by atoms with E-state index >= 15 is 0 Å². The van der Waals surface area contributed by atoms with E-state index in [2.05, 4.69) is 9.47 Å². The molecular weight excluding hydrogens is 122 g/mol. The summed E-state index contributed by atoms with van der Waals surface area (Å²) in [7, 11) is 1.49. The number of rotatable bonds is 3. The van der Waals surface area contributed by atoms with E-state index in [9.17, 15) is 4.79 Å². The number of esters is 1. The van der Waals surface area contributed by atoms with Crippen molar-refractivity contribution in [2.75, 3.05) is 20.3 Å². The van der Waals surface area contributed by atoms with Crippen molar-refractivity contribution < 1.29 is 14.3 Å². The number of carbonyl (C=O) groups is 1. The summed E-state index contributed by atoms with van der Waals surface area (Å²) in [5, 5.41) is 7.87. The Hall–Kier alpha value is -1.08. The maximum absolute atomic E-state index is 10.0. The van der Waals surface area contributed by atoms with Gasteiger partial charge in [0.05, 0.1) is 6.61 Å². The zero-order chi connectivity index (χ0) is 7.11. The molecule has 0 aromatic rings. The molecule has 0 fully saturated rings. The minimum absolute atomic E-state index is 0.142. The van der Waals surface area contributed by atoms with Gasteiger partial charge >= 0.3 is 5.97 Å². The second kappa shape index (κ2) is 5.06. The number of methoxy groups -OCH3 is 1. The van der Waals surface area contributed by atoms with Crippen molar-refractivity contribution in [2.24, 2.45) is 0 Å². The van der Waals surface area contributed by atoms with Crippen LogP contribution in [0.1, 0.15) is 0 Å². The molecule has 0 aromatic carbocycles. The first-order chi connectivity index (χ1) is 4.31. The first kappa shape index (κ1) is 7.92. The molecule has 4 nitrogen and oxygen atoms in total. The fourth-order valence-corrected chi connectivity index (χ4v) is 0.250. The van der Waals surface area contributed by atoms with Crippen LogP contribution >= 0.6 is 0 Å². The minimum Gasteiger partial charge on any atom is -0.452 e. The first-order valence-corrected chi connectivity index (χ1v) is 2.37. The van der Waals surface area contributed by atoms with Crippen molar-refractivity contribution in [3.63, 3.8) is 0 Å². The predicted molar refractivity (Wildman–Crippen MR) is 28.4 cm³/mol. The van der Waals surface area contributed by atoms with Crippen molar-refractivity contribution in [3.8, 4) is 6.07 Å². The fraction of sp³-hybridized carbons (Fsp3) is 0.600. The van der Waals surface area contributed by atoms with Gasteiger partial charge in [-0.25, -0.2) is 4.79 Å². The van der Waals surface area contributed by atoms with Crippen LogP contribution in [0.25, 0.3) is 0 Å². The van der Waals surface area contributed by atoms with Crippen LogP contribution < -0.4 is 0 Å². The first-order valence-electron chi connectivity index (χ1n) is 2.37. The van der Waals surface area contributed by atoms with E-state index in [0.717, 1.165) is 0 Å². The van der Waals surface area contributed by atoms with E-state index in [1.54, 1.807) is 0 Å². The number of nitrogens with zero attached hydrogens (tertiary/aromatic N) is 1. The van der Waals surface area contributed by atoms with Gasteiger partial charge in [-0.3, -0.25) is 0 Å². The van der Waals surface area contributed by atoms with E-state index in [0.29, 0.717) is 6.61 Å². The monoisotopic (exact) mass is 129 g/mol. The molecule has 0 heterocycles. The summed E-state index contributed by atoms with van der Waals surface area (Å²) in [6, 6.07) is 1.31. The maximum atomic E-state index is 10.0. The lowest BCUT2D eigenvalue weighted by atomic mass is 10.7. The SMILES string of the molecule is COCCOC(=O)C#N. The second-order valence-electron chi connectivity index (χ2n) is 1.24. The Kier molecular flexibility index (Phi) is 4.46. The third kappa shape index (κ3) is 4.78. The molecule has 0 N–H and O–H groups in total. The predicted octanol–water partition coefficient (Wildman–Crippen LogP) is -0.300. The summed E-state index contributed by atoms with van der Waals surface area (Å²) in [6.07, 6.45) is 0. The standard InChI is InChI=1S/C5H7NO3/c1-8-2-3-9-5(7)4-6/h2-3H2,1H3. The highest BCUT2D eigenvalue weighted by Gasteiger charge is 1.95. The maximum Gasteiger partial charge on any atom is 0.411 e. The van der Waals surface area contributed by atoms with E-state index in [1.807, 2.05) is 0 Å². The zero-order valence-electron chi connectivity index (χ0n) is 5.09. The minimum atomic E-state index is -0.868. The van der Waals surface area contributed by atoms with Crippen molar-refractivity contribution in [3.05, 3.63) is 0 Å². The molecule has 0 aromatic heterocycles. The van der Waals surface area contributed by atoms with E-state index < -0.39 is 5.97 Å². The molecule has 0 saturated heterocycles. The number of hydrogen-bond acceptors (Lipinski definition) is 4. The van der Waals surface area contributed by atoms with Crippen molar-refractivity contribution >= 4 is 5.97 Å². The van der Waals surface area contributed by atoms with Gasteiger partial charge in [0.15, 0.2) is 6.07 Å². The second-order valence-corrected chi connectivity index (χ2v) is 1.24. The van der Waals surface area contributed by atoms with Gasteiger partial charge in [0.2, 0.25) is 0 Å². The topological polar surface area (TPSA) is 59.3 Å². The van der Waals surface area contributed by atoms with Crippen LogP contribution in [-0.2, 0) is 14.3 Å². The van der Waals surface area contributed by atoms with Gasteiger partial charge in [-0.15, -0.1) is 0 Å². The number of nitriles is 1. The van der Waals surface area contributed by atoms with Gasteiger partial charge in [0, 0.05) is 7.11 Å². The Labute approximate surface area is 53.0 Å². The van der Waals surface area contributed by atoms with Crippen molar-refractivity contribution in [1.29, 1.82) is 5.26 Å². The smallest absolute Gasteiger partial charge is 0.411 e. The molecule has 0 unspecified atom stereocenters. The number of hydrogen-bond donors (Lipinski definition) is 0. The molecule has 4 heteroatoms. The van der Waals surface area contributed by atoms with Crippen LogP contribution in [-0.4, -0.2) is 26.3 Å². The van der Waals surface area contributed by atoms with Gasteiger partial charge in [-0.2, -0.15) is 5.26 Å². The van der Waals surface area contributed by atoms with Gasteiger partial charge < -0.3 is 9.47 Å². The lowest BCUT2D eigenvalue weighted by Gasteiger charge is -1.95. The Morgan fingerprint density at radius 3 is 2.78 bits per heavy atom. The highest BCUT2D eigenvalue weighted by molar-refractivity contribution is 5.85. The van der Waals surface area contributed by atoms with E-state index in [-0.39, 0.29) is 6.61 Å². The lowest BCUT2D eigenvalue weighted by Crippen LogP contribution is -2.06. The molecule has 0 spiro atoms. The van der Waals surface area contributed by atoms with Crippen LogP contribution in [0.5, 0.6) is 0 Å². The van der Waals surface area contributed by atoms with Gasteiger partial charge in [0.25, 0.3) is 0 Å². The highest BCUT2D eigenvalue weighted by atomic mass is 16.6. The summed E-state index contributed by atoms with van der Waals surface area (Å²) in [6.45, 7) is 0.469. The van der Waals surface area contributed by atoms with Crippen LogP contribution in [0, 0.1) is 11.3 Å². The molecule has 0 rings (SSSR count). The molecule has 0 bridgehead atoms. The molecule has 0 amide bonds. The average molecular weight is 129 g/mol. The normalized spacial score (nSPS) is 8.00. The average Bonchev–Trinajstić information content (AvgIpc) is 1.89. The highest BCUT2D eigenvalue weighted by Crippen LogP contribution is 1.75. The molecule has 0 atom stereocenters. The summed E-state index contributed by atoms with van der Waals surface area (Å²) in [5.41, 5.74) is 0. The Bertz CT molecular complexity index is 127. The fourth-order valence-electron chi connectivity index (χ4n) is 0.250. The summed E-state index contributed by atoms with van der Waals surface area (Å²) in [5.74, 6) is -0.868. The zero-order valence-corrected chi connectivity index (χ0v) is 5.09. The molecule has 0 radical (unpaired) electrons. The Balaban J connectivity index is 3.10. The molecule has 0 aliphatic carbocycles. The molecule has 0 aliphatic heterocycles. The van der Waals surface area contributed by atoms with E-state index in [4.69, 9.17) is 5.26 Å². The third-order valence-corrected chi connectivity index (χ3v) is 0.612. The van der Waals surface area contributed by atoms with Gasteiger partial charge in [-0.1, -0.05) is 0 Å². The van der Waals surface area contributed by atoms with Crippen LogP contribution in [0.2, 0.25) is 0 Å². The Morgan fingerprint density at radius 2 is 2.33 bits per heavy atom. The van der Waals surface area contributed by atoms with Crippen LogP contribution in [0.3, 0.4) is 0 Å². The molecule has 50 valence electrons. The summed E-state index contributed by atoms with van der Waals surface area (Å²) < 4.78 is 8.86. The van der Waals surface area contributed by atoms with Gasteiger partial charge in [-0.05, 0) is 0 Å². The number of ether oxygens (including phenoxy) is 2. The number of carbonyl (C=O) groups excluding carboxylic acids is 1. The molecule has 0 aliphatic rings. The van der Waals surface area contributed by atoms with Crippen LogP contribution in [0.15, 0.2) is 0 Å². The Morgan fingerprint density at radius 1 is 1.67 bits per heavy atom. The molecule has 0 saturated carbocycles. The summed E-state index contributed by atoms with van der Waals surface area (Å²) in [4.78, 5) is 10.0. The molecular formula is C5H7NO3. The van der Waals surface area contributed by atoms with Crippen LogP contribution in [0.4, 0.5) is 0 Å². The van der Waals surface area contributed by atoms with E-state index in [1.165, 1.54) is 13.2 Å².